The molecule has 30 heavy (non-hydrogen) atoms. The third-order valence-corrected chi connectivity index (χ3v) is 6.59. The zero-order valence-electron chi connectivity index (χ0n) is 19.4. The van der Waals surface area contributed by atoms with E-state index in [-0.39, 0.29) is 22.9 Å². The molecule has 0 N–H and O–H groups in total. The van der Waals surface area contributed by atoms with Gasteiger partial charge in [0.1, 0.15) is 6.10 Å². The maximum absolute atomic E-state index is 12.4. The first-order chi connectivity index (χ1) is 14.1. The Morgan fingerprint density at radius 3 is 2.43 bits per heavy atom. The van der Waals surface area contributed by atoms with Gasteiger partial charge in [0.25, 0.3) is 0 Å². The molecule has 160 valence electrons. The maximum Gasteiger partial charge on any atom is 0.306 e. The molecule has 2 aromatic rings. The van der Waals surface area contributed by atoms with E-state index in [4.69, 9.17) is 4.74 Å². The van der Waals surface area contributed by atoms with Crippen molar-refractivity contribution in [2.75, 3.05) is 0 Å². The van der Waals surface area contributed by atoms with E-state index in [1.165, 1.54) is 27.8 Å². The minimum atomic E-state index is -0.206. The smallest absolute Gasteiger partial charge is 0.306 e. The van der Waals surface area contributed by atoms with Crippen molar-refractivity contribution >= 4 is 17.6 Å². The van der Waals surface area contributed by atoms with Crippen LogP contribution in [-0.4, -0.2) is 12.1 Å². The highest BCUT2D eigenvalue weighted by atomic mass is 16.5. The quantitative estimate of drug-likeness (QED) is 0.373. The summed E-state index contributed by atoms with van der Waals surface area (Å²) in [6.45, 7) is 13.2. The van der Waals surface area contributed by atoms with Crippen molar-refractivity contribution < 1.29 is 9.53 Å². The molecule has 0 aliphatic heterocycles. The normalized spacial score (nSPS) is 19.8. The average Bonchev–Trinajstić information content (AvgIpc) is 2.71. The first kappa shape index (κ1) is 22.3. The summed E-state index contributed by atoms with van der Waals surface area (Å²) in [7, 11) is 0. The van der Waals surface area contributed by atoms with E-state index in [0.717, 1.165) is 19.3 Å². The van der Waals surface area contributed by atoms with Crippen LogP contribution in [0.4, 0.5) is 0 Å². The van der Waals surface area contributed by atoms with Crippen LogP contribution in [0.15, 0.2) is 48.5 Å². The molecule has 0 amide bonds. The third-order valence-electron chi connectivity index (χ3n) is 6.59. The van der Waals surface area contributed by atoms with Gasteiger partial charge in [-0.2, -0.15) is 0 Å². The van der Waals surface area contributed by atoms with E-state index in [2.05, 4.69) is 90.1 Å². The first-order valence-electron chi connectivity index (χ1n) is 11.2. The maximum atomic E-state index is 12.4. The topological polar surface area (TPSA) is 26.3 Å². The predicted octanol–water partition coefficient (Wildman–Crippen LogP) is 7.31. The Kier molecular flexibility index (Phi) is 6.55. The molecule has 1 unspecified atom stereocenters. The summed E-state index contributed by atoms with van der Waals surface area (Å²) < 4.78 is 6.01. The second kappa shape index (κ2) is 8.79. The fourth-order valence-corrected chi connectivity index (χ4v) is 4.52. The Balaban J connectivity index is 1.93. The second-order valence-corrected chi connectivity index (χ2v) is 9.89. The van der Waals surface area contributed by atoms with E-state index >= 15 is 0 Å². The fraction of sp³-hybridized carbons (Fsp3) is 0.464. The molecule has 2 nitrogen and oxygen atoms in total. The van der Waals surface area contributed by atoms with Crippen LogP contribution in [0, 0.1) is 0 Å². The first-order valence-corrected chi connectivity index (χ1v) is 11.2. The summed E-state index contributed by atoms with van der Waals surface area (Å²) >= 11 is 0. The number of esters is 1. The fourth-order valence-electron chi connectivity index (χ4n) is 4.52. The number of benzene rings is 2. The standard InChI is InChI=1S/C28H36O2/c1-7-8-14-26(29)30-25-19-27(3,4)24-18-22(15-16-23(24)28(25,5)6)20(2)17-21-12-10-9-11-13-21/h9-13,15-18,25H,7-8,14,19H2,1-6H3. The van der Waals surface area contributed by atoms with Crippen LogP contribution in [0.3, 0.4) is 0 Å². The average molecular weight is 405 g/mol. The van der Waals surface area contributed by atoms with E-state index in [0.29, 0.717) is 6.42 Å². The molecule has 0 fully saturated rings. The summed E-state index contributed by atoms with van der Waals surface area (Å²) in [5.41, 5.74) is 6.12. The summed E-state index contributed by atoms with van der Waals surface area (Å²) in [6, 6.07) is 17.3. The molecule has 0 bridgehead atoms. The number of carbonyl (C=O) groups excluding carboxylic acids is 1. The molecule has 0 spiro atoms. The van der Waals surface area contributed by atoms with Gasteiger partial charge < -0.3 is 4.74 Å². The zero-order chi connectivity index (χ0) is 21.9. The van der Waals surface area contributed by atoms with Gasteiger partial charge in [0.2, 0.25) is 0 Å². The summed E-state index contributed by atoms with van der Waals surface area (Å²) in [4.78, 5) is 12.4. The van der Waals surface area contributed by atoms with Crippen LogP contribution < -0.4 is 0 Å². The van der Waals surface area contributed by atoms with Gasteiger partial charge in [-0.15, -0.1) is 0 Å². The summed E-state index contributed by atoms with van der Waals surface area (Å²) in [5.74, 6) is -0.0626. The lowest BCUT2D eigenvalue weighted by Crippen LogP contribution is -2.47. The summed E-state index contributed by atoms with van der Waals surface area (Å²) in [5, 5.41) is 0. The minimum absolute atomic E-state index is 0.0520. The zero-order valence-corrected chi connectivity index (χ0v) is 19.4. The van der Waals surface area contributed by atoms with Crippen molar-refractivity contribution in [2.45, 2.75) is 84.2 Å². The van der Waals surface area contributed by atoms with E-state index in [9.17, 15) is 4.79 Å². The Morgan fingerprint density at radius 2 is 1.77 bits per heavy atom. The van der Waals surface area contributed by atoms with Crippen LogP contribution >= 0.6 is 0 Å². The molecular formula is C28H36O2. The highest BCUT2D eigenvalue weighted by molar-refractivity contribution is 5.80. The number of ether oxygens (including phenoxy) is 1. The Morgan fingerprint density at radius 1 is 1.07 bits per heavy atom. The van der Waals surface area contributed by atoms with Crippen molar-refractivity contribution in [3.63, 3.8) is 0 Å². The van der Waals surface area contributed by atoms with Crippen molar-refractivity contribution in [3.05, 3.63) is 70.8 Å². The van der Waals surface area contributed by atoms with E-state index in [1.807, 2.05) is 6.07 Å². The van der Waals surface area contributed by atoms with Gasteiger partial charge in [0.05, 0.1) is 0 Å². The van der Waals surface area contributed by atoms with Crippen LogP contribution in [0.25, 0.3) is 11.6 Å². The van der Waals surface area contributed by atoms with Gasteiger partial charge >= 0.3 is 5.97 Å². The van der Waals surface area contributed by atoms with Crippen molar-refractivity contribution in [1.82, 2.24) is 0 Å². The molecular weight excluding hydrogens is 368 g/mol. The predicted molar refractivity (Wildman–Crippen MR) is 127 cm³/mol. The monoisotopic (exact) mass is 404 g/mol. The molecule has 0 aromatic heterocycles. The number of allylic oxidation sites excluding steroid dienone is 1. The van der Waals surface area contributed by atoms with E-state index < -0.39 is 0 Å². The second-order valence-electron chi connectivity index (χ2n) is 9.89. The number of unbranched alkanes of at least 4 members (excludes halogenated alkanes) is 1. The molecule has 0 radical (unpaired) electrons. The molecule has 1 atom stereocenters. The van der Waals surface area contributed by atoms with Crippen molar-refractivity contribution in [2.24, 2.45) is 0 Å². The SMILES string of the molecule is CCCCC(=O)OC1CC(C)(C)c2cc(C(C)=Cc3ccccc3)ccc2C1(C)C. The Bertz CT molecular complexity index is 919. The van der Waals surface area contributed by atoms with Crippen molar-refractivity contribution in [3.8, 4) is 0 Å². The van der Waals surface area contributed by atoms with Gasteiger partial charge in [0, 0.05) is 11.8 Å². The number of carbonyl (C=O) groups is 1. The lowest BCUT2D eigenvalue weighted by Gasteiger charge is -2.47. The number of hydrogen-bond donors (Lipinski definition) is 0. The number of fused-ring (bicyclic) bond motifs is 1. The van der Waals surface area contributed by atoms with Crippen LogP contribution in [0.2, 0.25) is 0 Å². The van der Waals surface area contributed by atoms with Crippen LogP contribution in [0.1, 0.15) is 89.5 Å². The third kappa shape index (κ3) is 4.69. The minimum Gasteiger partial charge on any atom is -0.461 e. The van der Waals surface area contributed by atoms with Crippen LogP contribution in [0.5, 0.6) is 0 Å². The Labute approximate surface area is 182 Å². The molecule has 2 aromatic carbocycles. The number of rotatable bonds is 6. The molecule has 2 heteroatoms. The molecule has 0 saturated heterocycles. The van der Waals surface area contributed by atoms with Crippen LogP contribution in [-0.2, 0) is 20.4 Å². The highest BCUT2D eigenvalue weighted by Crippen LogP contribution is 2.48. The largest absolute Gasteiger partial charge is 0.461 e. The number of hydrogen-bond acceptors (Lipinski definition) is 2. The molecule has 0 saturated carbocycles. The summed E-state index contributed by atoms with van der Waals surface area (Å²) in [6.07, 6.45) is 5.39. The lowest BCUT2D eigenvalue weighted by atomic mass is 9.61. The molecule has 1 aliphatic rings. The molecule has 1 aliphatic carbocycles. The highest BCUT2D eigenvalue weighted by Gasteiger charge is 2.46. The van der Waals surface area contributed by atoms with Gasteiger partial charge in [-0.1, -0.05) is 95.6 Å². The van der Waals surface area contributed by atoms with Crippen molar-refractivity contribution in [1.29, 1.82) is 0 Å². The van der Waals surface area contributed by atoms with Gasteiger partial charge in [-0.25, -0.2) is 0 Å². The Hall–Kier alpha value is -2.35. The van der Waals surface area contributed by atoms with Gasteiger partial charge in [-0.05, 0) is 53.0 Å². The van der Waals surface area contributed by atoms with Gasteiger partial charge in [0.15, 0.2) is 0 Å². The lowest BCUT2D eigenvalue weighted by molar-refractivity contribution is -0.154. The molecule has 3 rings (SSSR count). The molecule has 0 heterocycles. The van der Waals surface area contributed by atoms with E-state index in [1.54, 1.807) is 0 Å². The van der Waals surface area contributed by atoms with Gasteiger partial charge in [-0.3, -0.25) is 4.79 Å².